The van der Waals surface area contributed by atoms with E-state index in [4.69, 9.17) is 4.74 Å². The van der Waals surface area contributed by atoms with Crippen LogP contribution in [0.5, 0.6) is 0 Å². The summed E-state index contributed by atoms with van der Waals surface area (Å²) in [6.45, 7) is 2.83. The minimum Gasteiger partial charge on any atom is -0.481 e. The van der Waals surface area contributed by atoms with Crippen molar-refractivity contribution < 1.29 is 28.2 Å². The second kappa shape index (κ2) is 6.71. The molecule has 25 heavy (non-hydrogen) atoms. The lowest BCUT2D eigenvalue weighted by Gasteiger charge is -2.39. The number of carbonyl (C=O) groups is 2. The van der Waals surface area contributed by atoms with E-state index in [0.717, 1.165) is 12.1 Å². The SMILES string of the molecule is C[C@@H]1CN(C(=O)C2(c3ccc(F)cc3F)CCOCC2)C[C@H]1C(=O)O. The van der Waals surface area contributed by atoms with Crippen molar-refractivity contribution in [2.45, 2.75) is 25.2 Å². The molecule has 5 nitrogen and oxygen atoms in total. The number of carboxylic acids is 1. The smallest absolute Gasteiger partial charge is 0.308 e. The second-order valence-electron chi connectivity index (χ2n) is 6.95. The minimum absolute atomic E-state index is 0.112. The predicted molar refractivity (Wildman–Crippen MR) is 85.0 cm³/mol. The van der Waals surface area contributed by atoms with Gasteiger partial charge in [0.15, 0.2) is 0 Å². The van der Waals surface area contributed by atoms with Crippen molar-refractivity contribution in [1.82, 2.24) is 4.90 Å². The van der Waals surface area contributed by atoms with Gasteiger partial charge in [-0.15, -0.1) is 0 Å². The lowest BCUT2D eigenvalue weighted by molar-refractivity contribution is -0.143. The van der Waals surface area contributed by atoms with Crippen molar-refractivity contribution in [3.8, 4) is 0 Å². The molecule has 3 rings (SSSR count). The highest BCUT2D eigenvalue weighted by molar-refractivity contribution is 5.89. The van der Waals surface area contributed by atoms with Gasteiger partial charge in [0, 0.05) is 37.9 Å². The summed E-state index contributed by atoms with van der Waals surface area (Å²) in [5, 5.41) is 9.29. The molecule has 7 heteroatoms. The Bertz CT molecular complexity index is 688. The van der Waals surface area contributed by atoms with Crippen LogP contribution in [-0.2, 0) is 19.7 Å². The Morgan fingerprint density at radius 1 is 1.24 bits per heavy atom. The van der Waals surface area contributed by atoms with Crippen LogP contribution in [0.15, 0.2) is 18.2 Å². The fourth-order valence-corrected chi connectivity index (χ4v) is 3.95. The molecule has 0 bridgehead atoms. The van der Waals surface area contributed by atoms with Crippen LogP contribution < -0.4 is 0 Å². The van der Waals surface area contributed by atoms with Crippen LogP contribution in [0.4, 0.5) is 8.78 Å². The number of benzene rings is 1. The van der Waals surface area contributed by atoms with Crippen molar-refractivity contribution in [3.63, 3.8) is 0 Å². The summed E-state index contributed by atoms with van der Waals surface area (Å²) in [5.41, 5.74) is -0.975. The van der Waals surface area contributed by atoms with E-state index in [9.17, 15) is 23.5 Å². The first-order valence-electron chi connectivity index (χ1n) is 8.40. The molecule has 2 fully saturated rings. The van der Waals surface area contributed by atoms with E-state index in [1.165, 1.54) is 11.0 Å². The molecule has 0 aliphatic carbocycles. The molecular weight excluding hydrogens is 332 g/mol. The van der Waals surface area contributed by atoms with E-state index in [2.05, 4.69) is 0 Å². The van der Waals surface area contributed by atoms with Crippen molar-refractivity contribution in [2.75, 3.05) is 26.3 Å². The lowest BCUT2D eigenvalue weighted by Crippen LogP contribution is -2.50. The zero-order valence-electron chi connectivity index (χ0n) is 14.0. The van der Waals surface area contributed by atoms with E-state index in [1.807, 2.05) is 0 Å². The van der Waals surface area contributed by atoms with Gasteiger partial charge in [-0.1, -0.05) is 13.0 Å². The molecule has 1 aromatic carbocycles. The highest BCUT2D eigenvalue weighted by atomic mass is 19.1. The van der Waals surface area contributed by atoms with Gasteiger partial charge in [-0.2, -0.15) is 0 Å². The van der Waals surface area contributed by atoms with Crippen LogP contribution in [0.3, 0.4) is 0 Å². The normalized spacial score (nSPS) is 25.8. The molecule has 1 N–H and O–H groups in total. The average Bonchev–Trinajstić information content (AvgIpc) is 2.96. The fourth-order valence-electron chi connectivity index (χ4n) is 3.95. The number of carboxylic acid groups (broad SMARTS) is 1. The molecule has 2 saturated heterocycles. The third kappa shape index (κ3) is 3.13. The van der Waals surface area contributed by atoms with Crippen molar-refractivity contribution in [3.05, 3.63) is 35.4 Å². The highest BCUT2D eigenvalue weighted by Gasteiger charge is 2.48. The molecular formula is C18H21F2NO4. The Morgan fingerprint density at radius 3 is 2.48 bits per heavy atom. The maximum absolute atomic E-state index is 14.5. The highest BCUT2D eigenvalue weighted by Crippen LogP contribution is 2.40. The Morgan fingerprint density at radius 2 is 1.92 bits per heavy atom. The van der Waals surface area contributed by atoms with E-state index in [1.54, 1.807) is 6.92 Å². The van der Waals surface area contributed by atoms with E-state index in [-0.39, 0.29) is 36.8 Å². The minimum atomic E-state index is -1.14. The van der Waals surface area contributed by atoms with Crippen LogP contribution in [0.25, 0.3) is 0 Å². The number of ether oxygens (including phenoxy) is 1. The number of amides is 1. The lowest BCUT2D eigenvalue weighted by atomic mass is 9.72. The average molecular weight is 353 g/mol. The van der Waals surface area contributed by atoms with E-state index in [0.29, 0.717) is 19.8 Å². The summed E-state index contributed by atoms with van der Waals surface area (Å²) in [7, 11) is 0. The Labute approximate surface area is 144 Å². The summed E-state index contributed by atoms with van der Waals surface area (Å²) in [6, 6.07) is 3.25. The number of carbonyl (C=O) groups excluding carboxylic acids is 1. The van der Waals surface area contributed by atoms with Gasteiger partial charge in [0.2, 0.25) is 5.91 Å². The molecule has 0 spiro atoms. The molecule has 1 amide bonds. The fraction of sp³-hybridized carbons (Fsp3) is 0.556. The first kappa shape index (κ1) is 17.8. The summed E-state index contributed by atoms with van der Waals surface area (Å²) in [4.78, 5) is 26.1. The molecule has 2 aliphatic rings. The van der Waals surface area contributed by atoms with Gasteiger partial charge in [-0.25, -0.2) is 8.78 Å². The maximum Gasteiger partial charge on any atom is 0.308 e. The van der Waals surface area contributed by atoms with Crippen molar-refractivity contribution >= 4 is 11.9 Å². The number of aliphatic carboxylic acids is 1. The Balaban J connectivity index is 1.96. The quantitative estimate of drug-likeness (QED) is 0.905. The van der Waals surface area contributed by atoms with Gasteiger partial charge in [-0.3, -0.25) is 9.59 Å². The summed E-state index contributed by atoms with van der Waals surface area (Å²) < 4.78 is 33.1. The van der Waals surface area contributed by atoms with Gasteiger partial charge in [-0.05, 0) is 24.8 Å². The maximum atomic E-state index is 14.5. The monoisotopic (exact) mass is 353 g/mol. The second-order valence-corrected chi connectivity index (χ2v) is 6.95. The number of nitrogens with zero attached hydrogens (tertiary/aromatic N) is 1. The zero-order valence-corrected chi connectivity index (χ0v) is 14.0. The Kier molecular flexibility index (Phi) is 4.77. The van der Waals surface area contributed by atoms with Crippen molar-refractivity contribution in [2.24, 2.45) is 11.8 Å². The van der Waals surface area contributed by atoms with Gasteiger partial charge in [0.1, 0.15) is 11.6 Å². The number of hydrogen-bond acceptors (Lipinski definition) is 3. The largest absolute Gasteiger partial charge is 0.481 e. The molecule has 0 aromatic heterocycles. The van der Waals surface area contributed by atoms with Gasteiger partial charge < -0.3 is 14.7 Å². The predicted octanol–water partition coefficient (Wildman–Crippen LogP) is 2.19. The van der Waals surface area contributed by atoms with E-state index < -0.39 is 28.9 Å². The number of likely N-dealkylation sites (tertiary alicyclic amines) is 1. The third-order valence-electron chi connectivity index (χ3n) is 5.42. The first-order chi connectivity index (χ1) is 11.8. The van der Waals surface area contributed by atoms with Crippen LogP contribution in [0.1, 0.15) is 25.3 Å². The van der Waals surface area contributed by atoms with Gasteiger partial charge in [0.25, 0.3) is 0 Å². The standard InChI is InChI=1S/C18H21F2NO4/c1-11-9-21(10-13(11)16(22)23)17(24)18(4-6-25-7-5-18)14-3-2-12(19)8-15(14)20/h2-3,8,11,13H,4-7,9-10H2,1H3,(H,22,23)/t11-,13-/m1/s1. The molecule has 136 valence electrons. The molecule has 0 saturated carbocycles. The zero-order chi connectivity index (χ0) is 18.2. The first-order valence-corrected chi connectivity index (χ1v) is 8.40. The molecule has 0 unspecified atom stereocenters. The molecule has 2 heterocycles. The van der Waals surface area contributed by atoms with Gasteiger partial charge >= 0.3 is 5.97 Å². The van der Waals surface area contributed by atoms with Crippen LogP contribution in [0.2, 0.25) is 0 Å². The van der Waals surface area contributed by atoms with Crippen molar-refractivity contribution in [1.29, 1.82) is 0 Å². The molecule has 0 radical (unpaired) electrons. The van der Waals surface area contributed by atoms with Crippen LogP contribution in [-0.4, -0.2) is 48.2 Å². The van der Waals surface area contributed by atoms with E-state index >= 15 is 0 Å². The summed E-state index contributed by atoms with van der Waals surface area (Å²) in [5.74, 6) is -3.47. The summed E-state index contributed by atoms with van der Waals surface area (Å²) in [6.07, 6.45) is 0.577. The Hall–Kier alpha value is -2.02. The number of hydrogen-bond donors (Lipinski definition) is 1. The summed E-state index contributed by atoms with van der Waals surface area (Å²) >= 11 is 0. The molecule has 2 atom stereocenters. The van der Waals surface area contributed by atoms with Crippen LogP contribution in [0, 0.1) is 23.5 Å². The third-order valence-corrected chi connectivity index (χ3v) is 5.42. The topological polar surface area (TPSA) is 66.8 Å². The number of halogens is 2. The molecule has 1 aromatic rings. The molecule has 2 aliphatic heterocycles. The van der Waals surface area contributed by atoms with Gasteiger partial charge in [0.05, 0.1) is 11.3 Å². The number of rotatable bonds is 3. The van der Waals surface area contributed by atoms with Crippen LogP contribution >= 0.6 is 0 Å².